The van der Waals surface area contributed by atoms with E-state index in [2.05, 4.69) is 0 Å². The van der Waals surface area contributed by atoms with Gasteiger partial charge in [0.05, 0.1) is 13.7 Å². The molecule has 1 aromatic rings. The van der Waals surface area contributed by atoms with Crippen LogP contribution < -0.4 is 9.64 Å². The predicted molar refractivity (Wildman–Crippen MR) is 69.2 cm³/mol. The Labute approximate surface area is 107 Å². The lowest BCUT2D eigenvalue weighted by Gasteiger charge is -2.15. The molecule has 1 unspecified atom stereocenters. The summed E-state index contributed by atoms with van der Waals surface area (Å²) in [6.07, 6.45) is -0.360. The Hall–Kier alpha value is -1.75. The fraction of sp³-hybridized carbons (Fsp3) is 0.462. The van der Waals surface area contributed by atoms with Crippen LogP contribution in [0.4, 0.5) is 10.5 Å². The SMILES string of the molecule is COc1ccc(N2CC(CN(C)C)OC2=O)cc1. The third-order valence-electron chi connectivity index (χ3n) is 2.83. The summed E-state index contributed by atoms with van der Waals surface area (Å²) in [5, 5.41) is 0. The maximum Gasteiger partial charge on any atom is 0.414 e. The second kappa shape index (κ2) is 5.27. The van der Waals surface area contributed by atoms with Crippen molar-refractivity contribution in [3.8, 4) is 5.75 Å². The van der Waals surface area contributed by atoms with Crippen LogP contribution in [-0.4, -0.2) is 51.4 Å². The van der Waals surface area contributed by atoms with Crippen molar-refractivity contribution < 1.29 is 14.3 Å². The summed E-state index contributed by atoms with van der Waals surface area (Å²) in [6.45, 7) is 1.32. The van der Waals surface area contributed by atoms with E-state index >= 15 is 0 Å². The molecule has 1 aliphatic heterocycles. The molecule has 1 fully saturated rings. The van der Waals surface area contributed by atoms with Crippen molar-refractivity contribution in [2.24, 2.45) is 0 Å². The molecule has 5 nitrogen and oxygen atoms in total. The highest BCUT2D eigenvalue weighted by atomic mass is 16.6. The zero-order chi connectivity index (χ0) is 13.1. The van der Waals surface area contributed by atoms with E-state index in [0.717, 1.165) is 18.0 Å². The maximum atomic E-state index is 11.8. The molecule has 0 spiro atoms. The van der Waals surface area contributed by atoms with Crippen LogP contribution in [0.2, 0.25) is 0 Å². The van der Waals surface area contributed by atoms with Crippen LogP contribution in [0.1, 0.15) is 0 Å². The van der Waals surface area contributed by atoms with Gasteiger partial charge in [0.2, 0.25) is 0 Å². The number of benzene rings is 1. The van der Waals surface area contributed by atoms with E-state index in [-0.39, 0.29) is 12.2 Å². The Kier molecular flexibility index (Phi) is 3.72. The minimum absolute atomic E-state index is 0.0744. The molecule has 18 heavy (non-hydrogen) atoms. The largest absolute Gasteiger partial charge is 0.497 e. The molecule has 0 bridgehead atoms. The molecule has 1 aliphatic rings. The quantitative estimate of drug-likeness (QED) is 0.813. The molecule has 2 rings (SSSR count). The number of cyclic esters (lactones) is 1. The van der Waals surface area contributed by atoms with Crippen LogP contribution in [0.15, 0.2) is 24.3 Å². The fourth-order valence-corrected chi connectivity index (χ4v) is 2.00. The molecule has 5 heteroatoms. The van der Waals surface area contributed by atoms with Crippen molar-refractivity contribution in [2.45, 2.75) is 6.10 Å². The highest BCUT2D eigenvalue weighted by Crippen LogP contribution is 2.24. The van der Waals surface area contributed by atoms with Gasteiger partial charge in [-0.25, -0.2) is 4.79 Å². The smallest absolute Gasteiger partial charge is 0.414 e. The molecule has 1 aromatic carbocycles. The van der Waals surface area contributed by atoms with Gasteiger partial charge in [0, 0.05) is 12.2 Å². The first-order chi connectivity index (χ1) is 8.60. The van der Waals surface area contributed by atoms with E-state index in [1.165, 1.54) is 0 Å². The van der Waals surface area contributed by atoms with Crippen LogP contribution >= 0.6 is 0 Å². The van der Waals surface area contributed by atoms with Gasteiger partial charge in [-0.15, -0.1) is 0 Å². The molecule has 1 atom stereocenters. The fourth-order valence-electron chi connectivity index (χ4n) is 2.00. The van der Waals surface area contributed by atoms with Gasteiger partial charge >= 0.3 is 6.09 Å². The summed E-state index contributed by atoms with van der Waals surface area (Å²) in [7, 11) is 5.54. The number of methoxy groups -OCH3 is 1. The number of carbonyl (C=O) groups excluding carboxylic acids is 1. The number of hydrogen-bond acceptors (Lipinski definition) is 4. The van der Waals surface area contributed by atoms with Crippen LogP contribution in [0, 0.1) is 0 Å². The average Bonchev–Trinajstić information content (AvgIpc) is 2.69. The molecule has 0 saturated carbocycles. The molecule has 0 aliphatic carbocycles. The lowest BCUT2D eigenvalue weighted by Crippen LogP contribution is -2.30. The molecular formula is C13H18N2O3. The van der Waals surface area contributed by atoms with Gasteiger partial charge in [-0.1, -0.05) is 0 Å². The minimum atomic E-state index is -0.285. The Morgan fingerprint density at radius 3 is 2.61 bits per heavy atom. The van der Waals surface area contributed by atoms with Crippen LogP contribution in [0.3, 0.4) is 0 Å². The van der Waals surface area contributed by atoms with Crippen molar-refractivity contribution >= 4 is 11.8 Å². The number of amides is 1. The normalized spacial score (nSPS) is 19.2. The Bertz CT molecular complexity index is 417. The zero-order valence-electron chi connectivity index (χ0n) is 10.9. The highest BCUT2D eigenvalue weighted by molar-refractivity contribution is 5.89. The summed E-state index contributed by atoms with van der Waals surface area (Å²) >= 11 is 0. The highest BCUT2D eigenvalue weighted by Gasteiger charge is 2.32. The molecule has 98 valence electrons. The zero-order valence-corrected chi connectivity index (χ0v) is 10.9. The predicted octanol–water partition coefficient (Wildman–Crippen LogP) is 1.58. The summed E-state index contributed by atoms with van der Waals surface area (Å²) in [5.41, 5.74) is 0.835. The molecule has 1 amide bonds. The number of nitrogens with zero attached hydrogens (tertiary/aromatic N) is 2. The van der Waals surface area contributed by atoms with Gasteiger partial charge in [-0.05, 0) is 38.4 Å². The number of anilines is 1. The van der Waals surface area contributed by atoms with Gasteiger partial charge in [0.1, 0.15) is 11.9 Å². The standard InChI is InChI=1S/C13H18N2O3/c1-14(2)8-12-9-15(13(16)18-12)10-4-6-11(17-3)7-5-10/h4-7,12H,8-9H2,1-3H3. The molecule has 1 saturated heterocycles. The summed E-state index contributed by atoms with van der Waals surface area (Å²) < 4.78 is 10.4. The number of carbonyl (C=O) groups is 1. The number of likely N-dealkylation sites (N-methyl/N-ethyl adjacent to an activating group) is 1. The Morgan fingerprint density at radius 1 is 1.39 bits per heavy atom. The second-order valence-electron chi connectivity index (χ2n) is 4.58. The molecule has 0 radical (unpaired) electrons. The van der Waals surface area contributed by atoms with E-state index in [0.29, 0.717) is 6.54 Å². The van der Waals surface area contributed by atoms with Crippen molar-refractivity contribution in [2.75, 3.05) is 39.2 Å². The van der Waals surface area contributed by atoms with Crippen molar-refractivity contribution in [1.82, 2.24) is 4.90 Å². The van der Waals surface area contributed by atoms with E-state index < -0.39 is 0 Å². The molecule has 0 N–H and O–H groups in total. The van der Waals surface area contributed by atoms with E-state index in [4.69, 9.17) is 9.47 Å². The van der Waals surface area contributed by atoms with Gasteiger partial charge in [0.25, 0.3) is 0 Å². The molecule has 1 heterocycles. The van der Waals surface area contributed by atoms with Crippen molar-refractivity contribution in [3.05, 3.63) is 24.3 Å². The third kappa shape index (κ3) is 2.73. The van der Waals surface area contributed by atoms with Gasteiger partial charge < -0.3 is 14.4 Å². The van der Waals surface area contributed by atoms with Crippen LogP contribution in [0.5, 0.6) is 5.75 Å². The minimum Gasteiger partial charge on any atom is -0.497 e. The number of ether oxygens (including phenoxy) is 2. The van der Waals surface area contributed by atoms with Crippen LogP contribution in [0.25, 0.3) is 0 Å². The monoisotopic (exact) mass is 250 g/mol. The lowest BCUT2D eigenvalue weighted by molar-refractivity contribution is 0.123. The summed E-state index contributed by atoms with van der Waals surface area (Å²) in [6, 6.07) is 7.39. The first kappa shape index (κ1) is 12.7. The van der Waals surface area contributed by atoms with Crippen molar-refractivity contribution in [1.29, 1.82) is 0 Å². The number of hydrogen-bond donors (Lipinski definition) is 0. The first-order valence-electron chi connectivity index (χ1n) is 5.87. The van der Waals surface area contributed by atoms with Gasteiger partial charge in [-0.2, -0.15) is 0 Å². The van der Waals surface area contributed by atoms with Gasteiger partial charge in [0.15, 0.2) is 0 Å². The van der Waals surface area contributed by atoms with E-state index in [1.807, 2.05) is 43.3 Å². The lowest BCUT2D eigenvalue weighted by atomic mass is 10.2. The maximum absolute atomic E-state index is 11.8. The first-order valence-corrected chi connectivity index (χ1v) is 5.87. The van der Waals surface area contributed by atoms with E-state index in [1.54, 1.807) is 12.0 Å². The molecular weight excluding hydrogens is 232 g/mol. The van der Waals surface area contributed by atoms with Crippen LogP contribution in [-0.2, 0) is 4.74 Å². The summed E-state index contributed by atoms with van der Waals surface area (Å²) in [4.78, 5) is 15.4. The second-order valence-corrected chi connectivity index (χ2v) is 4.58. The van der Waals surface area contributed by atoms with E-state index in [9.17, 15) is 4.79 Å². The van der Waals surface area contributed by atoms with Gasteiger partial charge in [-0.3, -0.25) is 4.90 Å². The summed E-state index contributed by atoms with van der Waals surface area (Å²) in [5.74, 6) is 0.774. The number of rotatable bonds is 4. The Balaban J connectivity index is 2.06. The van der Waals surface area contributed by atoms with Crippen molar-refractivity contribution in [3.63, 3.8) is 0 Å². The topological polar surface area (TPSA) is 42.0 Å². The average molecular weight is 250 g/mol. The third-order valence-corrected chi connectivity index (χ3v) is 2.83. The Morgan fingerprint density at radius 2 is 2.06 bits per heavy atom. The molecule has 0 aromatic heterocycles.